The van der Waals surface area contributed by atoms with Gasteiger partial charge in [-0.15, -0.1) is 0 Å². The van der Waals surface area contributed by atoms with Crippen LogP contribution in [0.2, 0.25) is 0 Å². The van der Waals surface area contributed by atoms with Crippen LogP contribution in [-0.4, -0.2) is 28.4 Å². The quantitative estimate of drug-likeness (QED) is 0.805. The number of para-hydroxylation sites is 3. The Hall–Kier alpha value is -3.28. The molecule has 1 N–H and O–H groups in total. The molecule has 1 atom stereocenters. The summed E-state index contributed by atoms with van der Waals surface area (Å²) in [6.45, 7) is 0.169. The fourth-order valence-electron chi connectivity index (χ4n) is 2.47. The van der Waals surface area contributed by atoms with E-state index in [1.165, 1.54) is 0 Å². The maximum atomic E-state index is 12.4. The van der Waals surface area contributed by atoms with Crippen molar-refractivity contribution in [2.24, 2.45) is 0 Å². The van der Waals surface area contributed by atoms with Gasteiger partial charge in [-0.05, 0) is 24.3 Å². The Labute approximate surface area is 138 Å². The molecule has 1 aromatic heterocycles. The van der Waals surface area contributed by atoms with E-state index in [0.717, 1.165) is 5.69 Å². The lowest BCUT2D eigenvalue weighted by molar-refractivity contribution is -0.125. The summed E-state index contributed by atoms with van der Waals surface area (Å²) in [6, 6.07) is 18.7. The van der Waals surface area contributed by atoms with E-state index < -0.39 is 6.10 Å². The number of benzene rings is 2. The Morgan fingerprint density at radius 2 is 1.79 bits per heavy atom. The summed E-state index contributed by atoms with van der Waals surface area (Å²) in [4.78, 5) is 12.4. The Balaban J connectivity index is 1.45. The van der Waals surface area contributed by atoms with Crippen molar-refractivity contribution in [3.63, 3.8) is 0 Å². The third kappa shape index (κ3) is 2.81. The average Bonchev–Trinajstić information content (AvgIpc) is 3.10. The van der Waals surface area contributed by atoms with Gasteiger partial charge >= 0.3 is 0 Å². The van der Waals surface area contributed by atoms with E-state index in [0.29, 0.717) is 17.3 Å². The largest absolute Gasteiger partial charge is 0.485 e. The average molecular weight is 321 g/mol. The number of carbonyl (C=O) groups is 1. The number of nitrogens with zero attached hydrogens (tertiary/aromatic N) is 2. The molecule has 6 nitrogen and oxygen atoms in total. The van der Waals surface area contributed by atoms with Crippen molar-refractivity contribution in [1.29, 1.82) is 0 Å². The van der Waals surface area contributed by atoms with E-state index in [9.17, 15) is 4.79 Å². The first-order valence-corrected chi connectivity index (χ1v) is 7.60. The first-order valence-electron chi connectivity index (χ1n) is 7.60. The summed E-state index contributed by atoms with van der Waals surface area (Å²) >= 11 is 0. The molecule has 2 heterocycles. The van der Waals surface area contributed by atoms with Crippen LogP contribution in [0.15, 0.2) is 66.9 Å². The zero-order chi connectivity index (χ0) is 16.4. The second-order valence-corrected chi connectivity index (χ2v) is 5.33. The zero-order valence-electron chi connectivity index (χ0n) is 12.8. The topological polar surface area (TPSA) is 65.4 Å². The summed E-state index contributed by atoms with van der Waals surface area (Å²) in [5, 5.41) is 7.10. The van der Waals surface area contributed by atoms with Crippen molar-refractivity contribution >= 4 is 11.7 Å². The second kappa shape index (κ2) is 6.08. The normalized spacial score (nSPS) is 15.8. The van der Waals surface area contributed by atoms with Crippen LogP contribution in [0.25, 0.3) is 5.69 Å². The summed E-state index contributed by atoms with van der Waals surface area (Å²) in [5.74, 6) is 1.39. The van der Waals surface area contributed by atoms with Crippen molar-refractivity contribution in [3.8, 4) is 17.2 Å². The molecule has 24 heavy (non-hydrogen) atoms. The number of anilines is 1. The van der Waals surface area contributed by atoms with Crippen LogP contribution < -0.4 is 14.8 Å². The monoisotopic (exact) mass is 321 g/mol. The van der Waals surface area contributed by atoms with Gasteiger partial charge in [0.1, 0.15) is 6.61 Å². The molecule has 0 saturated carbocycles. The van der Waals surface area contributed by atoms with Crippen molar-refractivity contribution in [3.05, 3.63) is 66.9 Å². The Kier molecular flexibility index (Phi) is 3.63. The molecule has 1 amide bonds. The first-order chi connectivity index (χ1) is 11.8. The standard InChI is InChI=1S/C18H15N3O3/c22-18(16-12-23-14-8-4-5-9-15(14)24-16)19-17-10-11-21(20-17)13-6-2-1-3-7-13/h1-11,16H,12H2,(H,19,20,22)/t16-/m0/s1. The second-order valence-electron chi connectivity index (χ2n) is 5.33. The minimum Gasteiger partial charge on any atom is -0.485 e. The van der Waals surface area contributed by atoms with Gasteiger partial charge in [0.05, 0.1) is 5.69 Å². The fourth-order valence-corrected chi connectivity index (χ4v) is 2.47. The van der Waals surface area contributed by atoms with Gasteiger partial charge in [-0.3, -0.25) is 4.79 Å². The molecular weight excluding hydrogens is 306 g/mol. The third-order valence-corrected chi connectivity index (χ3v) is 3.66. The highest BCUT2D eigenvalue weighted by molar-refractivity contribution is 5.93. The van der Waals surface area contributed by atoms with E-state index >= 15 is 0 Å². The van der Waals surface area contributed by atoms with Gasteiger partial charge in [0.2, 0.25) is 6.10 Å². The predicted octanol–water partition coefficient (Wildman–Crippen LogP) is 2.65. The molecule has 2 aromatic carbocycles. The van der Waals surface area contributed by atoms with Crippen molar-refractivity contribution in [2.75, 3.05) is 11.9 Å². The fraction of sp³-hybridized carbons (Fsp3) is 0.111. The molecule has 120 valence electrons. The minimum atomic E-state index is -0.707. The molecule has 0 unspecified atom stereocenters. The molecule has 0 spiro atoms. The number of fused-ring (bicyclic) bond motifs is 1. The number of ether oxygens (including phenoxy) is 2. The van der Waals surface area contributed by atoms with Gasteiger partial charge in [-0.2, -0.15) is 5.10 Å². The Morgan fingerprint density at radius 3 is 2.62 bits per heavy atom. The molecule has 4 rings (SSSR count). The van der Waals surface area contributed by atoms with Crippen molar-refractivity contribution < 1.29 is 14.3 Å². The van der Waals surface area contributed by atoms with Gasteiger partial charge in [0.25, 0.3) is 5.91 Å². The molecule has 0 radical (unpaired) electrons. The predicted molar refractivity (Wildman–Crippen MR) is 88.5 cm³/mol. The van der Waals surface area contributed by atoms with Crippen LogP contribution in [-0.2, 0) is 4.79 Å². The minimum absolute atomic E-state index is 0.169. The smallest absolute Gasteiger partial charge is 0.270 e. The van der Waals surface area contributed by atoms with E-state index in [4.69, 9.17) is 9.47 Å². The maximum Gasteiger partial charge on any atom is 0.270 e. The first kappa shape index (κ1) is 14.3. The van der Waals surface area contributed by atoms with Crippen LogP contribution in [0.5, 0.6) is 11.5 Å². The lowest BCUT2D eigenvalue weighted by Crippen LogP contribution is -2.40. The number of nitrogens with one attached hydrogen (secondary N) is 1. The Bertz CT molecular complexity index is 861. The lowest BCUT2D eigenvalue weighted by atomic mass is 10.2. The number of rotatable bonds is 3. The molecule has 0 aliphatic carbocycles. The number of aromatic nitrogens is 2. The number of amides is 1. The summed E-state index contributed by atoms with van der Waals surface area (Å²) in [7, 11) is 0. The molecule has 0 fully saturated rings. The van der Waals surface area contributed by atoms with Gasteiger partial charge in [0.15, 0.2) is 17.3 Å². The van der Waals surface area contributed by atoms with Gasteiger partial charge in [-0.25, -0.2) is 4.68 Å². The molecule has 1 aliphatic heterocycles. The molecule has 0 bridgehead atoms. The SMILES string of the molecule is O=C(Nc1ccn(-c2ccccc2)n1)[C@@H]1COc2ccccc2O1. The van der Waals surface area contributed by atoms with E-state index in [2.05, 4.69) is 10.4 Å². The number of carbonyl (C=O) groups excluding carboxylic acids is 1. The van der Waals surface area contributed by atoms with Crippen molar-refractivity contribution in [1.82, 2.24) is 9.78 Å². The third-order valence-electron chi connectivity index (χ3n) is 3.66. The van der Waals surface area contributed by atoms with Gasteiger partial charge in [0, 0.05) is 12.3 Å². The highest BCUT2D eigenvalue weighted by Gasteiger charge is 2.27. The van der Waals surface area contributed by atoms with Crippen LogP contribution in [0.3, 0.4) is 0 Å². The Morgan fingerprint density at radius 1 is 1.04 bits per heavy atom. The maximum absolute atomic E-state index is 12.4. The summed E-state index contributed by atoms with van der Waals surface area (Å²) < 4.78 is 12.9. The summed E-state index contributed by atoms with van der Waals surface area (Å²) in [5.41, 5.74) is 0.921. The van der Waals surface area contributed by atoms with E-state index in [1.807, 2.05) is 48.5 Å². The van der Waals surface area contributed by atoms with Crippen LogP contribution in [0.1, 0.15) is 0 Å². The van der Waals surface area contributed by atoms with E-state index in [1.54, 1.807) is 23.0 Å². The van der Waals surface area contributed by atoms with E-state index in [-0.39, 0.29) is 12.5 Å². The number of hydrogen-bond donors (Lipinski definition) is 1. The highest BCUT2D eigenvalue weighted by atomic mass is 16.6. The summed E-state index contributed by atoms with van der Waals surface area (Å²) in [6.07, 6.45) is 1.08. The van der Waals surface area contributed by atoms with Gasteiger partial charge in [-0.1, -0.05) is 30.3 Å². The number of hydrogen-bond acceptors (Lipinski definition) is 4. The zero-order valence-corrected chi connectivity index (χ0v) is 12.8. The van der Waals surface area contributed by atoms with Crippen LogP contribution in [0, 0.1) is 0 Å². The molecule has 6 heteroatoms. The van der Waals surface area contributed by atoms with Crippen LogP contribution >= 0.6 is 0 Å². The molecular formula is C18H15N3O3. The molecule has 1 aliphatic rings. The van der Waals surface area contributed by atoms with Gasteiger partial charge < -0.3 is 14.8 Å². The van der Waals surface area contributed by atoms with Crippen LogP contribution in [0.4, 0.5) is 5.82 Å². The van der Waals surface area contributed by atoms with Crippen molar-refractivity contribution in [2.45, 2.75) is 6.10 Å². The molecule has 3 aromatic rings. The lowest BCUT2D eigenvalue weighted by Gasteiger charge is -2.25. The highest BCUT2D eigenvalue weighted by Crippen LogP contribution is 2.31. The molecule has 0 saturated heterocycles.